The summed E-state index contributed by atoms with van der Waals surface area (Å²) in [5.41, 5.74) is 4.92. The minimum absolute atomic E-state index is 0.0889. The third-order valence-electron chi connectivity index (χ3n) is 5.74. The number of terminal acetylenes is 1. The first-order chi connectivity index (χ1) is 13.8. The van der Waals surface area contributed by atoms with Crippen LogP contribution in [0.4, 0.5) is 4.79 Å². The van der Waals surface area contributed by atoms with Crippen molar-refractivity contribution < 1.29 is 14.3 Å². The Morgan fingerprint density at radius 3 is 2.21 bits per heavy atom. The lowest BCUT2D eigenvalue weighted by molar-refractivity contribution is 0.0416. The van der Waals surface area contributed by atoms with Gasteiger partial charge < -0.3 is 14.8 Å². The second kappa shape index (κ2) is 8.50. The number of hydrogen-bond acceptors (Lipinski definition) is 3. The number of nitrogens with one attached hydrogen (secondary N) is 1. The third-order valence-corrected chi connectivity index (χ3v) is 5.74. The highest BCUT2D eigenvalue weighted by Crippen LogP contribution is 2.44. The molecule has 0 aromatic heterocycles. The van der Waals surface area contributed by atoms with Crippen molar-refractivity contribution in [1.82, 2.24) is 5.32 Å². The fourth-order valence-corrected chi connectivity index (χ4v) is 4.35. The molecular formula is C24H25NO3. The Bertz CT molecular complexity index is 832. The quantitative estimate of drug-likeness (QED) is 0.784. The summed E-state index contributed by atoms with van der Waals surface area (Å²) in [5, 5.41) is 3.01. The molecule has 0 saturated heterocycles. The molecule has 4 rings (SSSR count). The second-order valence-corrected chi connectivity index (χ2v) is 7.46. The van der Waals surface area contributed by atoms with Gasteiger partial charge in [0.2, 0.25) is 0 Å². The monoisotopic (exact) mass is 375 g/mol. The third kappa shape index (κ3) is 3.90. The molecule has 0 bridgehead atoms. The van der Waals surface area contributed by atoms with E-state index in [-0.39, 0.29) is 24.2 Å². The van der Waals surface area contributed by atoms with E-state index in [0.717, 1.165) is 25.7 Å². The summed E-state index contributed by atoms with van der Waals surface area (Å²) in [5.74, 6) is 2.59. The van der Waals surface area contributed by atoms with Crippen molar-refractivity contribution in [3.05, 3.63) is 59.7 Å². The van der Waals surface area contributed by atoms with Crippen LogP contribution in [-0.2, 0) is 9.47 Å². The number of carbonyl (C=O) groups is 1. The zero-order chi connectivity index (χ0) is 19.3. The Morgan fingerprint density at radius 2 is 1.61 bits per heavy atom. The lowest BCUT2D eigenvalue weighted by Gasteiger charge is -2.28. The lowest BCUT2D eigenvalue weighted by atomic mass is 9.93. The molecule has 0 heterocycles. The van der Waals surface area contributed by atoms with Crippen molar-refractivity contribution in [2.45, 2.75) is 43.7 Å². The van der Waals surface area contributed by atoms with Crippen LogP contribution in [0.2, 0.25) is 0 Å². The van der Waals surface area contributed by atoms with Gasteiger partial charge in [-0.1, -0.05) is 54.5 Å². The molecular weight excluding hydrogens is 350 g/mol. The van der Waals surface area contributed by atoms with Crippen LogP contribution in [0.3, 0.4) is 0 Å². The van der Waals surface area contributed by atoms with E-state index >= 15 is 0 Å². The molecule has 28 heavy (non-hydrogen) atoms. The molecule has 4 heteroatoms. The molecule has 2 aromatic rings. The highest BCUT2D eigenvalue weighted by atomic mass is 16.5. The van der Waals surface area contributed by atoms with Gasteiger partial charge in [0.05, 0.1) is 6.10 Å². The lowest BCUT2D eigenvalue weighted by Crippen LogP contribution is -2.39. The molecule has 2 aliphatic rings. The first kappa shape index (κ1) is 18.6. The van der Waals surface area contributed by atoms with E-state index in [1.807, 2.05) is 12.1 Å². The molecule has 2 aromatic carbocycles. The number of carbonyl (C=O) groups excluding carboxylic acids is 1. The molecule has 1 N–H and O–H groups in total. The summed E-state index contributed by atoms with van der Waals surface area (Å²) in [6.45, 7) is 0.704. The van der Waals surface area contributed by atoms with Crippen LogP contribution in [0.1, 0.15) is 42.7 Å². The van der Waals surface area contributed by atoms with Crippen molar-refractivity contribution in [1.29, 1.82) is 0 Å². The first-order valence-corrected chi connectivity index (χ1v) is 9.93. The average Bonchev–Trinajstić information content (AvgIpc) is 3.06. The van der Waals surface area contributed by atoms with Crippen molar-refractivity contribution in [3.8, 4) is 23.5 Å². The number of amides is 1. The summed E-state index contributed by atoms with van der Waals surface area (Å²) >= 11 is 0. The number of fused-ring (bicyclic) bond motifs is 3. The Labute approximate surface area is 166 Å². The summed E-state index contributed by atoms with van der Waals surface area (Å²) in [6, 6.07) is 16.8. The molecule has 4 nitrogen and oxygen atoms in total. The molecule has 0 radical (unpaired) electrons. The molecule has 144 valence electrons. The minimum atomic E-state index is -0.338. The molecule has 0 aliphatic heterocycles. The minimum Gasteiger partial charge on any atom is -0.449 e. The maximum Gasteiger partial charge on any atom is 0.407 e. The van der Waals surface area contributed by atoms with Gasteiger partial charge in [0.1, 0.15) is 13.2 Å². The van der Waals surface area contributed by atoms with Gasteiger partial charge in [-0.3, -0.25) is 0 Å². The van der Waals surface area contributed by atoms with Crippen LogP contribution in [-0.4, -0.2) is 31.5 Å². The summed E-state index contributed by atoms with van der Waals surface area (Å²) < 4.78 is 11.2. The predicted molar refractivity (Wildman–Crippen MR) is 109 cm³/mol. The number of benzene rings is 2. The first-order valence-electron chi connectivity index (χ1n) is 9.93. The second-order valence-electron chi connectivity index (χ2n) is 7.46. The topological polar surface area (TPSA) is 47.6 Å². The van der Waals surface area contributed by atoms with Crippen LogP contribution in [0, 0.1) is 12.3 Å². The maximum atomic E-state index is 12.4. The van der Waals surface area contributed by atoms with E-state index in [2.05, 4.69) is 47.6 Å². The normalized spacial score (nSPS) is 20.7. The van der Waals surface area contributed by atoms with Crippen LogP contribution in [0.5, 0.6) is 0 Å². The fraction of sp³-hybridized carbons (Fsp3) is 0.375. The number of alkyl carbamates (subject to hydrolysis) is 1. The smallest absolute Gasteiger partial charge is 0.407 e. The van der Waals surface area contributed by atoms with Crippen LogP contribution >= 0.6 is 0 Å². The molecule has 1 saturated carbocycles. The van der Waals surface area contributed by atoms with E-state index in [1.54, 1.807) is 0 Å². The zero-order valence-electron chi connectivity index (χ0n) is 15.9. The highest BCUT2D eigenvalue weighted by Gasteiger charge is 2.29. The number of ether oxygens (including phenoxy) is 2. The highest BCUT2D eigenvalue weighted by molar-refractivity contribution is 5.79. The predicted octanol–water partition coefficient (Wildman–Crippen LogP) is 4.49. The van der Waals surface area contributed by atoms with Gasteiger partial charge in [0.15, 0.2) is 0 Å². The number of rotatable bonds is 5. The van der Waals surface area contributed by atoms with E-state index in [0.29, 0.717) is 13.2 Å². The van der Waals surface area contributed by atoms with Gasteiger partial charge in [0.25, 0.3) is 0 Å². The summed E-state index contributed by atoms with van der Waals surface area (Å²) in [6.07, 6.45) is 8.70. The van der Waals surface area contributed by atoms with Gasteiger partial charge in [-0.15, -0.1) is 6.42 Å². The fourth-order valence-electron chi connectivity index (χ4n) is 4.35. The van der Waals surface area contributed by atoms with Crippen molar-refractivity contribution >= 4 is 6.09 Å². The van der Waals surface area contributed by atoms with E-state index in [4.69, 9.17) is 15.9 Å². The van der Waals surface area contributed by atoms with E-state index in [1.165, 1.54) is 22.3 Å². The Balaban J connectivity index is 1.32. The molecule has 1 fully saturated rings. The maximum absolute atomic E-state index is 12.4. The van der Waals surface area contributed by atoms with Gasteiger partial charge in [-0.2, -0.15) is 0 Å². The molecule has 0 spiro atoms. The average molecular weight is 375 g/mol. The SMILES string of the molecule is C#CCOC1CCC(NC(=O)OCC2c3ccccc3-c3ccccc32)CC1. The Kier molecular flexibility index (Phi) is 5.64. The van der Waals surface area contributed by atoms with Crippen LogP contribution in [0.25, 0.3) is 11.1 Å². The Hall–Kier alpha value is -2.77. The van der Waals surface area contributed by atoms with Gasteiger partial charge >= 0.3 is 6.09 Å². The molecule has 1 amide bonds. The summed E-state index contributed by atoms with van der Waals surface area (Å²) in [4.78, 5) is 12.4. The van der Waals surface area contributed by atoms with Gasteiger partial charge in [-0.05, 0) is 47.9 Å². The molecule has 0 unspecified atom stereocenters. The van der Waals surface area contributed by atoms with Crippen molar-refractivity contribution in [2.24, 2.45) is 0 Å². The van der Waals surface area contributed by atoms with Crippen molar-refractivity contribution in [2.75, 3.05) is 13.2 Å². The summed E-state index contributed by atoms with van der Waals surface area (Å²) in [7, 11) is 0. The standard InChI is InChI=1S/C24H25NO3/c1-2-15-27-18-13-11-17(12-14-18)25-24(26)28-16-23-21-9-5-3-7-19(21)20-8-4-6-10-22(20)23/h1,3-10,17-18,23H,11-16H2,(H,25,26). The Morgan fingerprint density at radius 1 is 1.00 bits per heavy atom. The largest absolute Gasteiger partial charge is 0.449 e. The van der Waals surface area contributed by atoms with E-state index < -0.39 is 0 Å². The molecule has 2 aliphatic carbocycles. The van der Waals surface area contributed by atoms with Gasteiger partial charge in [0, 0.05) is 12.0 Å². The molecule has 0 atom stereocenters. The van der Waals surface area contributed by atoms with Crippen molar-refractivity contribution in [3.63, 3.8) is 0 Å². The van der Waals surface area contributed by atoms with Gasteiger partial charge in [-0.25, -0.2) is 4.79 Å². The van der Waals surface area contributed by atoms with E-state index in [9.17, 15) is 4.79 Å². The number of hydrogen-bond donors (Lipinski definition) is 1. The van der Waals surface area contributed by atoms with Crippen LogP contribution in [0.15, 0.2) is 48.5 Å². The van der Waals surface area contributed by atoms with Crippen LogP contribution < -0.4 is 5.32 Å². The zero-order valence-corrected chi connectivity index (χ0v) is 15.9.